The minimum absolute atomic E-state index is 0.00653. The van der Waals surface area contributed by atoms with Crippen molar-refractivity contribution < 1.29 is 9.53 Å². The number of fused-ring (bicyclic) bond motifs is 3. The van der Waals surface area contributed by atoms with Gasteiger partial charge in [-0.05, 0) is 33.6 Å². The molecule has 0 saturated carbocycles. The normalized spacial score (nSPS) is 13.8. The van der Waals surface area contributed by atoms with E-state index >= 15 is 0 Å². The van der Waals surface area contributed by atoms with Crippen LogP contribution in [0.25, 0.3) is 10.9 Å². The molecular formula is C20H18BrClN2O2. The molecule has 0 bridgehead atoms. The Balaban J connectivity index is 1.42. The fraction of sp³-hybridized carbons (Fsp3) is 0.250. The topological polar surface area (TPSA) is 45.3 Å². The van der Waals surface area contributed by atoms with E-state index in [1.165, 1.54) is 16.6 Å². The molecule has 1 aliphatic heterocycles. The number of nitrogens with zero attached hydrogens (tertiary/aromatic N) is 1. The number of halogens is 2. The molecule has 1 aliphatic rings. The molecule has 4 nitrogen and oxygen atoms in total. The minimum atomic E-state index is 0.00653. The highest BCUT2D eigenvalue weighted by molar-refractivity contribution is 9.10. The molecule has 1 amide bonds. The average molecular weight is 434 g/mol. The van der Waals surface area contributed by atoms with E-state index < -0.39 is 0 Å². The number of aromatic nitrogens is 1. The molecule has 0 saturated heterocycles. The van der Waals surface area contributed by atoms with Crippen molar-refractivity contribution in [3.63, 3.8) is 0 Å². The van der Waals surface area contributed by atoms with Crippen LogP contribution in [0.4, 0.5) is 0 Å². The lowest BCUT2D eigenvalue weighted by molar-refractivity contribution is -0.137. The Labute approximate surface area is 165 Å². The van der Waals surface area contributed by atoms with Crippen LogP contribution >= 0.6 is 27.5 Å². The lowest BCUT2D eigenvalue weighted by Crippen LogP contribution is -2.38. The number of benzene rings is 2. The van der Waals surface area contributed by atoms with Gasteiger partial charge in [0.25, 0.3) is 0 Å². The number of para-hydroxylation sites is 1. The number of ether oxygens (including phenoxy) is 1. The van der Waals surface area contributed by atoms with Gasteiger partial charge in [-0.1, -0.05) is 41.9 Å². The summed E-state index contributed by atoms with van der Waals surface area (Å²) in [6.07, 6.45) is 0.826. The maximum absolute atomic E-state index is 12.6. The van der Waals surface area contributed by atoms with Gasteiger partial charge in [0.2, 0.25) is 5.91 Å². The molecule has 0 spiro atoms. The van der Waals surface area contributed by atoms with Gasteiger partial charge in [-0.3, -0.25) is 4.79 Å². The quantitative estimate of drug-likeness (QED) is 0.649. The lowest BCUT2D eigenvalue weighted by Gasteiger charge is -2.27. The summed E-state index contributed by atoms with van der Waals surface area (Å²) < 4.78 is 6.65. The fourth-order valence-electron chi connectivity index (χ4n) is 3.37. The van der Waals surface area contributed by atoms with Crippen LogP contribution < -0.4 is 0 Å². The maximum atomic E-state index is 12.6. The van der Waals surface area contributed by atoms with Crippen LogP contribution in [0.5, 0.6) is 0 Å². The van der Waals surface area contributed by atoms with Crippen molar-refractivity contribution in [2.75, 3.05) is 13.2 Å². The summed E-state index contributed by atoms with van der Waals surface area (Å²) in [5, 5.41) is 1.83. The molecule has 2 heterocycles. The van der Waals surface area contributed by atoms with Crippen LogP contribution in [0.15, 0.2) is 46.9 Å². The Bertz CT molecular complexity index is 970. The van der Waals surface area contributed by atoms with Crippen LogP contribution in [0.3, 0.4) is 0 Å². The number of aromatic amines is 1. The first-order valence-corrected chi connectivity index (χ1v) is 9.67. The number of amides is 1. The van der Waals surface area contributed by atoms with E-state index in [2.05, 4.69) is 27.0 Å². The van der Waals surface area contributed by atoms with Gasteiger partial charge in [0.15, 0.2) is 0 Å². The second-order valence-electron chi connectivity index (χ2n) is 6.39. The molecule has 4 rings (SSSR count). The highest BCUT2D eigenvalue weighted by atomic mass is 79.9. The Morgan fingerprint density at radius 2 is 2.08 bits per heavy atom. The average Bonchev–Trinajstić information content (AvgIpc) is 3.03. The standard InChI is InChI=1S/C20H18BrClN2O2/c21-16-6-3-5-14-15-10-24(9-8-18(15)23-20(14)16)19(25)12-26-11-13-4-1-2-7-17(13)22/h1-7,23H,8-12H2. The van der Waals surface area contributed by atoms with Crippen molar-refractivity contribution in [3.05, 3.63) is 68.8 Å². The van der Waals surface area contributed by atoms with E-state index in [0.717, 1.165) is 22.0 Å². The first-order valence-electron chi connectivity index (χ1n) is 8.50. The number of hydrogen-bond acceptors (Lipinski definition) is 2. The molecule has 0 fully saturated rings. The van der Waals surface area contributed by atoms with E-state index in [4.69, 9.17) is 16.3 Å². The monoisotopic (exact) mass is 432 g/mol. The van der Waals surface area contributed by atoms with Crippen molar-refractivity contribution in [2.24, 2.45) is 0 Å². The second-order valence-corrected chi connectivity index (χ2v) is 7.66. The summed E-state index contributed by atoms with van der Waals surface area (Å²) in [5.74, 6) is 0.00653. The third-order valence-corrected chi connectivity index (χ3v) is 5.78. The number of nitrogens with one attached hydrogen (secondary N) is 1. The van der Waals surface area contributed by atoms with Gasteiger partial charge in [-0.2, -0.15) is 0 Å². The van der Waals surface area contributed by atoms with Crippen molar-refractivity contribution in [3.8, 4) is 0 Å². The third kappa shape index (κ3) is 3.39. The van der Waals surface area contributed by atoms with Crippen LogP contribution in [0, 0.1) is 0 Å². The highest BCUT2D eigenvalue weighted by Crippen LogP contribution is 2.31. The van der Waals surface area contributed by atoms with E-state index in [9.17, 15) is 4.79 Å². The summed E-state index contributed by atoms with van der Waals surface area (Å²) in [6.45, 7) is 1.71. The predicted octanol–water partition coefficient (Wildman–Crippen LogP) is 4.69. The summed E-state index contributed by atoms with van der Waals surface area (Å²) in [5.41, 5.74) is 4.41. The Morgan fingerprint density at radius 3 is 2.92 bits per heavy atom. The lowest BCUT2D eigenvalue weighted by atomic mass is 10.0. The first kappa shape index (κ1) is 17.6. The molecule has 26 heavy (non-hydrogen) atoms. The molecule has 3 aromatic rings. The predicted molar refractivity (Wildman–Crippen MR) is 106 cm³/mol. The number of rotatable bonds is 4. The van der Waals surface area contributed by atoms with E-state index in [-0.39, 0.29) is 12.5 Å². The third-order valence-electron chi connectivity index (χ3n) is 4.75. The molecule has 0 radical (unpaired) electrons. The highest BCUT2D eigenvalue weighted by Gasteiger charge is 2.24. The van der Waals surface area contributed by atoms with Crippen molar-refractivity contribution in [1.29, 1.82) is 0 Å². The van der Waals surface area contributed by atoms with Crippen LogP contribution in [-0.2, 0) is 29.1 Å². The molecule has 1 N–H and O–H groups in total. The zero-order valence-electron chi connectivity index (χ0n) is 14.1. The molecule has 6 heteroatoms. The van der Waals surface area contributed by atoms with Gasteiger partial charge in [0.05, 0.1) is 12.1 Å². The first-order chi connectivity index (χ1) is 12.6. The maximum Gasteiger partial charge on any atom is 0.248 e. The zero-order valence-corrected chi connectivity index (χ0v) is 16.4. The molecule has 1 aromatic heterocycles. The van der Waals surface area contributed by atoms with Crippen molar-refractivity contribution in [2.45, 2.75) is 19.6 Å². The summed E-state index contributed by atoms with van der Waals surface area (Å²) in [4.78, 5) is 17.9. The Kier molecular flexibility index (Phi) is 5.02. The van der Waals surface area contributed by atoms with Gasteiger partial charge in [-0.15, -0.1) is 0 Å². The van der Waals surface area contributed by atoms with E-state index in [1.54, 1.807) is 0 Å². The van der Waals surface area contributed by atoms with Gasteiger partial charge in [0, 0.05) is 45.6 Å². The summed E-state index contributed by atoms with van der Waals surface area (Å²) in [7, 11) is 0. The fourth-order valence-corrected chi connectivity index (χ4v) is 4.03. The largest absolute Gasteiger partial charge is 0.367 e. The van der Waals surface area contributed by atoms with Gasteiger partial charge in [-0.25, -0.2) is 0 Å². The number of hydrogen-bond donors (Lipinski definition) is 1. The van der Waals surface area contributed by atoms with Gasteiger partial charge >= 0.3 is 0 Å². The van der Waals surface area contributed by atoms with E-state index in [1.807, 2.05) is 41.3 Å². The number of carbonyl (C=O) groups is 1. The number of carbonyl (C=O) groups excluding carboxylic acids is 1. The molecule has 0 unspecified atom stereocenters. The summed E-state index contributed by atoms with van der Waals surface area (Å²) >= 11 is 9.70. The smallest absolute Gasteiger partial charge is 0.248 e. The van der Waals surface area contributed by atoms with Crippen molar-refractivity contribution in [1.82, 2.24) is 9.88 Å². The molecule has 0 aliphatic carbocycles. The zero-order chi connectivity index (χ0) is 18.1. The van der Waals surface area contributed by atoms with Gasteiger partial charge < -0.3 is 14.6 Å². The van der Waals surface area contributed by atoms with Gasteiger partial charge in [0.1, 0.15) is 6.61 Å². The number of H-pyrrole nitrogens is 1. The summed E-state index contributed by atoms with van der Waals surface area (Å²) in [6, 6.07) is 13.7. The van der Waals surface area contributed by atoms with Crippen LogP contribution in [0.2, 0.25) is 5.02 Å². The van der Waals surface area contributed by atoms with Crippen LogP contribution in [0.1, 0.15) is 16.8 Å². The van der Waals surface area contributed by atoms with Crippen molar-refractivity contribution >= 4 is 44.3 Å². The SMILES string of the molecule is O=C(COCc1ccccc1Cl)N1CCc2[nH]c3c(Br)cccc3c2C1. The second kappa shape index (κ2) is 7.43. The molecular weight excluding hydrogens is 416 g/mol. The molecule has 0 atom stereocenters. The van der Waals surface area contributed by atoms with E-state index in [0.29, 0.717) is 24.7 Å². The van der Waals surface area contributed by atoms with Crippen LogP contribution in [-0.4, -0.2) is 28.9 Å². The minimum Gasteiger partial charge on any atom is -0.367 e. The Morgan fingerprint density at radius 1 is 1.23 bits per heavy atom. The Hall–Kier alpha value is -1.82. The molecule has 134 valence electrons. The molecule has 2 aromatic carbocycles.